The summed E-state index contributed by atoms with van der Waals surface area (Å²) < 4.78 is 5.42. The lowest BCUT2D eigenvalue weighted by molar-refractivity contribution is -0.143. The van der Waals surface area contributed by atoms with E-state index in [0.29, 0.717) is 34.7 Å². The van der Waals surface area contributed by atoms with Crippen LogP contribution < -0.4 is 5.32 Å². The van der Waals surface area contributed by atoms with E-state index in [1.54, 1.807) is 6.07 Å². The molecule has 0 aliphatic heterocycles. The summed E-state index contributed by atoms with van der Waals surface area (Å²) in [4.78, 5) is 28.8. The monoisotopic (exact) mass is 359 g/mol. The highest BCUT2D eigenvalue weighted by Crippen LogP contribution is 2.41. The van der Waals surface area contributed by atoms with Gasteiger partial charge >= 0.3 is 5.97 Å². The van der Waals surface area contributed by atoms with Crippen LogP contribution >= 0.6 is 0 Å². The number of aliphatic carboxylic acids is 1. The number of carbonyl (C=O) groups excluding carboxylic acids is 1. The van der Waals surface area contributed by atoms with Gasteiger partial charge in [-0.05, 0) is 44.6 Å². The lowest BCUT2D eigenvalue weighted by Crippen LogP contribution is -2.49. The Kier molecular flexibility index (Phi) is 4.29. The van der Waals surface area contributed by atoms with Crippen LogP contribution in [0.2, 0.25) is 0 Å². The molecule has 2 heterocycles. The number of carboxylic acids is 1. The number of nitrogens with one attached hydrogen (secondary N) is 1. The normalized spacial score (nSPS) is 15.3. The molecule has 0 unspecified atom stereocenters. The number of nitrogens with zero attached hydrogens (tertiary/aromatic N) is 2. The number of fused-ring (bicyclic) bond motifs is 1. The van der Waals surface area contributed by atoms with Crippen molar-refractivity contribution in [1.29, 1.82) is 0 Å². The van der Waals surface area contributed by atoms with Crippen molar-refractivity contribution in [3.05, 3.63) is 23.0 Å². The third kappa shape index (κ3) is 3.71. The van der Waals surface area contributed by atoms with Gasteiger partial charge in [0.15, 0.2) is 0 Å². The van der Waals surface area contributed by atoms with Crippen LogP contribution in [0.25, 0.3) is 11.1 Å². The molecule has 3 rings (SSSR count). The first kappa shape index (κ1) is 18.4. The van der Waals surface area contributed by atoms with Gasteiger partial charge < -0.3 is 14.9 Å². The molecule has 7 heteroatoms. The lowest BCUT2D eigenvalue weighted by atomic mass is 9.89. The van der Waals surface area contributed by atoms with Crippen molar-refractivity contribution < 1.29 is 19.2 Å². The minimum Gasteiger partial charge on any atom is -0.480 e. The second-order valence-electron chi connectivity index (χ2n) is 8.80. The third-order valence-electron chi connectivity index (χ3n) is 4.44. The van der Waals surface area contributed by atoms with Crippen molar-refractivity contribution >= 4 is 23.0 Å². The number of hydrogen-bond acceptors (Lipinski definition) is 5. The number of aromatic nitrogens is 2. The standard InChI is InChI=1S/C19H25N3O4/c1-18(2,3)9-13-14-11(15(23)21-19(4,5)17(24)25)8-12(10-6-7-10)20-16(14)26-22-13/h8,10H,6-7,9H2,1-5H3,(H,21,23)(H,24,25). The van der Waals surface area contributed by atoms with Gasteiger partial charge in [0.1, 0.15) is 5.54 Å². The van der Waals surface area contributed by atoms with Gasteiger partial charge in [0, 0.05) is 11.6 Å². The summed E-state index contributed by atoms with van der Waals surface area (Å²) in [5, 5.41) is 16.6. The molecular weight excluding hydrogens is 334 g/mol. The van der Waals surface area contributed by atoms with Crippen molar-refractivity contribution in [2.24, 2.45) is 5.41 Å². The van der Waals surface area contributed by atoms with Gasteiger partial charge in [-0.2, -0.15) is 0 Å². The molecule has 0 radical (unpaired) electrons. The van der Waals surface area contributed by atoms with Crippen LogP contribution in [0.3, 0.4) is 0 Å². The number of carboxylic acid groups (broad SMARTS) is 1. The predicted octanol–water partition coefficient (Wildman–Crippen LogP) is 3.28. The smallest absolute Gasteiger partial charge is 0.328 e. The van der Waals surface area contributed by atoms with E-state index in [0.717, 1.165) is 18.5 Å². The SMILES string of the molecule is CC(C)(C)Cc1noc2nc(C3CC3)cc(C(=O)NC(C)(C)C(=O)O)c12. The van der Waals surface area contributed by atoms with E-state index in [1.165, 1.54) is 13.8 Å². The van der Waals surface area contributed by atoms with E-state index in [4.69, 9.17) is 4.52 Å². The van der Waals surface area contributed by atoms with Crippen LogP contribution in [0.5, 0.6) is 0 Å². The topological polar surface area (TPSA) is 105 Å². The molecule has 0 atom stereocenters. The maximum Gasteiger partial charge on any atom is 0.328 e. The van der Waals surface area contributed by atoms with Crippen LogP contribution in [0.15, 0.2) is 10.6 Å². The van der Waals surface area contributed by atoms with Crippen molar-refractivity contribution in [2.75, 3.05) is 0 Å². The number of pyridine rings is 1. The Morgan fingerprint density at radius 2 is 1.92 bits per heavy atom. The van der Waals surface area contributed by atoms with Crippen molar-refractivity contribution in [3.8, 4) is 0 Å². The van der Waals surface area contributed by atoms with E-state index in [9.17, 15) is 14.7 Å². The summed E-state index contributed by atoms with van der Waals surface area (Å²) >= 11 is 0. The summed E-state index contributed by atoms with van der Waals surface area (Å²) in [5.41, 5.74) is 0.759. The highest BCUT2D eigenvalue weighted by molar-refractivity contribution is 6.07. The minimum atomic E-state index is -1.38. The first-order chi connectivity index (χ1) is 12.0. The Labute approximate surface area is 152 Å². The predicted molar refractivity (Wildman–Crippen MR) is 96.1 cm³/mol. The molecule has 1 aliphatic carbocycles. The van der Waals surface area contributed by atoms with Gasteiger partial charge in [-0.15, -0.1) is 0 Å². The van der Waals surface area contributed by atoms with Crippen LogP contribution in [0.1, 0.15) is 75.1 Å². The summed E-state index contributed by atoms with van der Waals surface area (Å²) in [5.74, 6) is -1.22. The summed E-state index contributed by atoms with van der Waals surface area (Å²) in [6, 6.07) is 1.76. The molecule has 0 saturated heterocycles. The number of rotatable bonds is 5. The average Bonchev–Trinajstić information content (AvgIpc) is 3.28. The van der Waals surface area contributed by atoms with Gasteiger partial charge in [-0.3, -0.25) is 4.79 Å². The molecule has 140 valence electrons. The van der Waals surface area contributed by atoms with Gasteiger partial charge in [0.25, 0.3) is 11.6 Å². The Morgan fingerprint density at radius 3 is 2.46 bits per heavy atom. The Bertz CT molecular complexity index is 873. The van der Waals surface area contributed by atoms with E-state index in [2.05, 4.69) is 36.2 Å². The maximum absolute atomic E-state index is 12.9. The fourth-order valence-corrected chi connectivity index (χ4v) is 2.82. The summed E-state index contributed by atoms with van der Waals surface area (Å²) in [6.07, 6.45) is 2.68. The molecular formula is C19H25N3O4. The zero-order chi connectivity index (χ0) is 19.3. The van der Waals surface area contributed by atoms with E-state index in [-0.39, 0.29) is 5.41 Å². The Balaban J connectivity index is 2.09. The molecule has 1 saturated carbocycles. The van der Waals surface area contributed by atoms with Crippen LogP contribution in [-0.2, 0) is 11.2 Å². The highest BCUT2D eigenvalue weighted by atomic mass is 16.5. The molecule has 2 aromatic heterocycles. The van der Waals surface area contributed by atoms with Crippen molar-refractivity contribution in [1.82, 2.24) is 15.5 Å². The highest BCUT2D eigenvalue weighted by Gasteiger charge is 2.33. The van der Waals surface area contributed by atoms with Gasteiger partial charge in [0.2, 0.25) is 0 Å². The molecule has 1 aliphatic rings. The Hall–Kier alpha value is -2.44. The van der Waals surface area contributed by atoms with Crippen LogP contribution in [0, 0.1) is 5.41 Å². The first-order valence-electron chi connectivity index (χ1n) is 8.83. The lowest BCUT2D eigenvalue weighted by Gasteiger charge is -2.21. The molecule has 2 aromatic rings. The quantitative estimate of drug-likeness (QED) is 0.849. The van der Waals surface area contributed by atoms with E-state index < -0.39 is 17.4 Å². The average molecular weight is 359 g/mol. The summed E-state index contributed by atoms with van der Waals surface area (Å²) in [7, 11) is 0. The largest absolute Gasteiger partial charge is 0.480 e. The molecule has 0 bridgehead atoms. The molecule has 2 N–H and O–H groups in total. The molecule has 26 heavy (non-hydrogen) atoms. The Morgan fingerprint density at radius 1 is 1.27 bits per heavy atom. The number of hydrogen-bond donors (Lipinski definition) is 2. The molecule has 7 nitrogen and oxygen atoms in total. The van der Waals surface area contributed by atoms with Crippen molar-refractivity contribution in [3.63, 3.8) is 0 Å². The minimum absolute atomic E-state index is 0.0486. The van der Waals surface area contributed by atoms with Gasteiger partial charge in [-0.1, -0.05) is 25.9 Å². The molecule has 1 fully saturated rings. The number of amides is 1. The fraction of sp³-hybridized carbons (Fsp3) is 0.579. The van der Waals surface area contributed by atoms with Gasteiger partial charge in [-0.25, -0.2) is 9.78 Å². The second-order valence-corrected chi connectivity index (χ2v) is 8.80. The van der Waals surface area contributed by atoms with Crippen molar-refractivity contribution in [2.45, 2.75) is 65.3 Å². The zero-order valence-electron chi connectivity index (χ0n) is 15.8. The maximum atomic E-state index is 12.9. The zero-order valence-corrected chi connectivity index (χ0v) is 15.8. The molecule has 1 amide bonds. The van der Waals surface area contributed by atoms with E-state index >= 15 is 0 Å². The van der Waals surface area contributed by atoms with Gasteiger partial charge in [0.05, 0.1) is 16.6 Å². The van der Waals surface area contributed by atoms with E-state index in [1.807, 2.05) is 0 Å². The molecule has 0 aromatic carbocycles. The number of carbonyl (C=O) groups is 2. The first-order valence-corrected chi connectivity index (χ1v) is 8.83. The van der Waals surface area contributed by atoms with Crippen LogP contribution in [-0.4, -0.2) is 32.7 Å². The van der Waals surface area contributed by atoms with Crippen LogP contribution in [0.4, 0.5) is 0 Å². The third-order valence-corrected chi connectivity index (χ3v) is 4.44. The second kappa shape index (κ2) is 6.07. The fourth-order valence-electron chi connectivity index (χ4n) is 2.82. The molecule has 0 spiro atoms. The summed E-state index contributed by atoms with van der Waals surface area (Å²) in [6.45, 7) is 9.14.